The van der Waals surface area contributed by atoms with Crippen molar-refractivity contribution in [1.82, 2.24) is 9.88 Å². The van der Waals surface area contributed by atoms with Crippen LogP contribution in [-0.2, 0) is 4.79 Å². The van der Waals surface area contributed by atoms with Crippen LogP contribution in [0.2, 0.25) is 0 Å². The molecule has 1 saturated heterocycles. The summed E-state index contributed by atoms with van der Waals surface area (Å²) in [5, 5.41) is 7.72. The Hall–Kier alpha value is -2.02. The van der Waals surface area contributed by atoms with E-state index in [1.807, 2.05) is 53.2 Å². The number of benzene rings is 1. The van der Waals surface area contributed by atoms with Crippen LogP contribution >= 0.6 is 22.7 Å². The number of hydrogen-bond donors (Lipinski definition) is 1. The highest BCUT2D eigenvalue weighted by Crippen LogP contribution is 2.30. The van der Waals surface area contributed by atoms with Crippen molar-refractivity contribution in [1.29, 1.82) is 0 Å². The normalized spacial score (nSPS) is 16.0. The number of carbonyl (C=O) groups excluding carboxylic acids is 1. The molecule has 6 heteroatoms. The quantitative estimate of drug-likeness (QED) is 0.712. The Balaban J connectivity index is 1.54. The fraction of sp³-hybridized carbons (Fsp3) is 0.263. The Bertz CT molecular complexity index is 823. The molecule has 1 amide bonds. The molecule has 0 saturated carbocycles. The molecule has 1 unspecified atom stereocenters. The summed E-state index contributed by atoms with van der Waals surface area (Å²) >= 11 is 3.13. The topological polar surface area (TPSA) is 45.2 Å². The molecule has 1 aromatic carbocycles. The molecule has 25 heavy (non-hydrogen) atoms. The van der Waals surface area contributed by atoms with Gasteiger partial charge in [-0.2, -0.15) is 0 Å². The van der Waals surface area contributed by atoms with Crippen LogP contribution in [-0.4, -0.2) is 28.9 Å². The summed E-state index contributed by atoms with van der Waals surface area (Å²) in [4.78, 5) is 21.0. The number of nitrogens with zero attached hydrogens (tertiary/aromatic N) is 2. The smallest absolute Gasteiger partial charge is 0.248 e. The van der Waals surface area contributed by atoms with Gasteiger partial charge in [0.15, 0.2) is 5.13 Å². The lowest BCUT2D eigenvalue weighted by atomic mass is 10.1. The van der Waals surface area contributed by atoms with Crippen molar-refractivity contribution in [3.63, 3.8) is 0 Å². The van der Waals surface area contributed by atoms with Gasteiger partial charge in [0.25, 0.3) is 0 Å². The Morgan fingerprint density at radius 2 is 1.88 bits per heavy atom. The van der Waals surface area contributed by atoms with Gasteiger partial charge in [-0.25, -0.2) is 4.98 Å². The molecule has 128 valence electrons. The maximum atomic E-state index is 13.0. The first-order chi connectivity index (χ1) is 12.3. The SMILES string of the molecule is O=C(Nc1nc(-c2cccs2)cs1)C(c1ccccc1)N1CCCC1. The van der Waals surface area contributed by atoms with Gasteiger partial charge in [0, 0.05) is 5.38 Å². The summed E-state index contributed by atoms with van der Waals surface area (Å²) in [5.41, 5.74) is 1.96. The lowest BCUT2D eigenvalue weighted by molar-refractivity contribution is -0.121. The molecule has 1 aliphatic rings. The van der Waals surface area contributed by atoms with Crippen molar-refractivity contribution >= 4 is 33.7 Å². The van der Waals surface area contributed by atoms with Crippen molar-refractivity contribution in [3.8, 4) is 10.6 Å². The maximum Gasteiger partial charge on any atom is 0.248 e. The summed E-state index contributed by atoms with van der Waals surface area (Å²) < 4.78 is 0. The van der Waals surface area contributed by atoms with E-state index in [1.165, 1.54) is 11.3 Å². The molecule has 0 bridgehead atoms. The van der Waals surface area contributed by atoms with Crippen molar-refractivity contribution < 1.29 is 4.79 Å². The molecule has 0 radical (unpaired) electrons. The molecule has 1 atom stereocenters. The van der Waals surface area contributed by atoms with E-state index in [1.54, 1.807) is 11.3 Å². The lowest BCUT2D eigenvalue weighted by Gasteiger charge is -2.26. The molecule has 0 spiro atoms. The van der Waals surface area contributed by atoms with Gasteiger partial charge in [0.1, 0.15) is 6.04 Å². The molecular weight excluding hydrogens is 350 g/mol. The van der Waals surface area contributed by atoms with Crippen molar-refractivity contribution in [2.75, 3.05) is 18.4 Å². The van der Waals surface area contributed by atoms with Crippen LogP contribution in [0.25, 0.3) is 10.6 Å². The summed E-state index contributed by atoms with van der Waals surface area (Å²) in [7, 11) is 0. The molecule has 4 rings (SSSR count). The summed E-state index contributed by atoms with van der Waals surface area (Å²) in [6.45, 7) is 1.93. The van der Waals surface area contributed by atoms with E-state index in [4.69, 9.17) is 0 Å². The number of carbonyl (C=O) groups is 1. The van der Waals surface area contributed by atoms with E-state index < -0.39 is 0 Å². The predicted octanol–water partition coefficient (Wildman–Crippen LogP) is 4.65. The standard InChI is InChI=1S/C19H19N3OS2/c23-18(21-19-20-15(13-25-19)16-9-6-12-24-16)17(22-10-4-5-11-22)14-7-2-1-3-8-14/h1-3,6-9,12-13,17H,4-5,10-11H2,(H,20,21,23). The largest absolute Gasteiger partial charge is 0.300 e. The number of amides is 1. The molecule has 3 aromatic rings. The molecule has 3 heterocycles. The minimum atomic E-state index is -0.252. The van der Waals surface area contributed by atoms with Crippen LogP contribution < -0.4 is 5.32 Å². The number of anilines is 1. The zero-order valence-corrected chi connectivity index (χ0v) is 15.4. The molecule has 0 aliphatic carbocycles. The average Bonchev–Trinajstić information content (AvgIpc) is 3.38. The second-order valence-electron chi connectivity index (χ2n) is 6.06. The minimum absolute atomic E-state index is 0.000166. The van der Waals surface area contributed by atoms with Gasteiger partial charge >= 0.3 is 0 Å². The van der Waals surface area contributed by atoms with Crippen LogP contribution in [0, 0.1) is 0 Å². The molecule has 4 nitrogen and oxygen atoms in total. The Labute approximate surface area is 155 Å². The molecule has 1 aliphatic heterocycles. The number of hydrogen-bond acceptors (Lipinski definition) is 5. The number of rotatable bonds is 5. The summed E-state index contributed by atoms with van der Waals surface area (Å²) in [5.74, 6) is 0.000166. The minimum Gasteiger partial charge on any atom is -0.300 e. The van der Waals surface area contributed by atoms with Crippen LogP contribution in [0.1, 0.15) is 24.4 Å². The van der Waals surface area contributed by atoms with Gasteiger partial charge in [-0.3, -0.25) is 9.69 Å². The van der Waals surface area contributed by atoms with E-state index >= 15 is 0 Å². The van der Waals surface area contributed by atoms with E-state index in [2.05, 4.69) is 15.2 Å². The number of thiazole rings is 1. The zero-order chi connectivity index (χ0) is 17.1. The van der Waals surface area contributed by atoms with Gasteiger partial charge < -0.3 is 5.32 Å². The monoisotopic (exact) mass is 369 g/mol. The van der Waals surface area contributed by atoms with E-state index in [9.17, 15) is 4.79 Å². The zero-order valence-electron chi connectivity index (χ0n) is 13.7. The average molecular weight is 370 g/mol. The second kappa shape index (κ2) is 7.47. The third-order valence-corrected chi connectivity index (χ3v) is 6.03. The summed E-state index contributed by atoms with van der Waals surface area (Å²) in [6, 6.07) is 13.8. The first-order valence-corrected chi connectivity index (χ1v) is 10.2. The molecular formula is C19H19N3OS2. The molecule has 2 aromatic heterocycles. The predicted molar refractivity (Wildman–Crippen MR) is 104 cm³/mol. The number of nitrogens with one attached hydrogen (secondary N) is 1. The molecule has 1 fully saturated rings. The van der Waals surface area contributed by atoms with Gasteiger partial charge in [0.05, 0.1) is 10.6 Å². The fourth-order valence-electron chi connectivity index (χ4n) is 3.21. The van der Waals surface area contributed by atoms with E-state index in [0.29, 0.717) is 5.13 Å². The third kappa shape index (κ3) is 3.66. The number of thiophene rings is 1. The lowest BCUT2D eigenvalue weighted by Crippen LogP contribution is -2.35. The fourth-order valence-corrected chi connectivity index (χ4v) is 4.68. The van der Waals surface area contributed by atoms with Crippen LogP contribution in [0.5, 0.6) is 0 Å². The van der Waals surface area contributed by atoms with Crippen LogP contribution in [0.3, 0.4) is 0 Å². The second-order valence-corrected chi connectivity index (χ2v) is 7.87. The van der Waals surface area contributed by atoms with Crippen molar-refractivity contribution in [3.05, 3.63) is 58.8 Å². The van der Waals surface area contributed by atoms with E-state index in [-0.39, 0.29) is 11.9 Å². The highest BCUT2D eigenvalue weighted by molar-refractivity contribution is 7.16. The van der Waals surface area contributed by atoms with Crippen LogP contribution in [0.15, 0.2) is 53.2 Å². The molecule has 1 N–H and O–H groups in total. The third-order valence-electron chi connectivity index (χ3n) is 4.38. The van der Waals surface area contributed by atoms with Crippen molar-refractivity contribution in [2.24, 2.45) is 0 Å². The van der Waals surface area contributed by atoms with Crippen LogP contribution in [0.4, 0.5) is 5.13 Å². The maximum absolute atomic E-state index is 13.0. The number of likely N-dealkylation sites (tertiary alicyclic amines) is 1. The number of aromatic nitrogens is 1. The van der Waals surface area contributed by atoms with Gasteiger partial charge in [-0.05, 0) is 42.9 Å². The van der Waals surface area contributed by atoms with Crippen molar-refractivity contribution in [2.45, 2.75) is 18.9 Å². The first kappa shape index (κ1) is 16.4. The highest BCUT2D eigenvalue weighted by atomic mass is 32.1. The van der Waals surface area contributed by atoms with Gasteiger partial charge in [-0.15, -0.1) is 22.7 Å². The van der Waals surface area contributed by atoms with Gasteiger partial charge in [0.2, 0.25) is 5.91 Å². The first-order valence-electron chi connectivity index (χ1n) is 8.40. The Morgan fingerprint density at radius 3 is 2.60 bits per heavy atom. The van der Waals surface area contributed by atoms with Gasteiger partial charge in [-0.1, -0.05) is 36.4 Å². The van der Waals surface area contributed by atoms with E-state index in [0.717, 1.165) is 42.1 Å². The summed E-state index contributed by atoms with van der Waals surface area (Å²) in [6.07, 6.45) is 2.30. The Morgan fingerprint density at radius 1 is 1.08 bits per heavy atom. The Kier molecular flexibility index (Phi) is 4.92. The highest BCUT2D eigenvalue weighted by Gasteiger charge is 2.30.